The second-order valence-corrected chi connectivity index (χ2v) is 5.02. The summed E-state index contributed by atoms with van der Waals surface area (Å²) in [5.74, 6) is 0.0912. The minimum atomic E-state index is -0.180. The van der Waals surface area contributed by atoms with Gasteiger partial charge in [0.25, 0.3) is 0 Å². The van der Waals surface area contributed by atoms with E-state index in [0.29, 0.717) is 24.5 Å². The first kappa shape index (κ1) is 12.8. The third-order valence-electron chi connectivity index (χ3n) is 2.61. The summed E-state index contributed by atoms with van der Waals surface area (Å²) in [6.45, 7) is 6.12. The molecule has 1 N–H and O–H groups in total. The maximum absolute atomic E-state index is 11.4. The zero-order chi connectivity index (χ0) is 11.5. The Morgan fingerprint density at radius 2 is 2.33 bits per heavy atom. The van der Waals surface area contributed by atoms with Crippen molar-refractivity contribution in [1.29, 1.82) is 0 Å². The number of rotatable bonds is 2. The van der Waals surface area contributed by atoms with Crippen molar-refractivity contribution in [3.05, 3.63) is 10.6 Å². The highest BCUT2D eigenvalue weighted by Crippen LogP contribution is 2.22. The molecule has 1 heterocycles. The summed E-state index contributed by atoms with van der Waals surface area (Å²) in [5.41, 5.74) is 1.19. The predicted molar refractivity (Wildman–Crippen MR) is 63.1 cm³/mol. The highest BCUT2D eigenvalue weighted by atomic mass is 35.5. The Morgan fingerprint density at radius 1 is 1.67 bits per heavy atom. The normalized spacial score (nSPS) is 23.5. The standard InChI is InChI=1S/C10H16Cl2N2O/c1-10(2)5-9(15)13-3-4-14(10)7-8(12)6-11/h6H,3-5,7H2,1-2H3,(H,13,15)/b8-6-. The van der Waals surface area contributed by atoms with Crippen LogP contribution in [0.4, 0.5) is 0 Å². The van der Waals surface area contributed by atoms with E-state index in [1.165, 1.54) is 5.54 Å². The fraction of sp³-hybridized carbons (Fsp3) is 0.700. The maximum Gasteiger partial charge on any atom is 0.221 e. The number of amides is 1. The molecule has 0 aliphatic carbocycles. The zero-order valence-corrected chi connectivity index (χ0v) is 10.5. The van der Waals surface area contributed by atoms with E-state index in [9.17, 15) is 4.79 Å². The molecular formula is C10H16Cl2N2O. The van der Waals surface area contributed by atoms with Crippen molar-refractivity contribution < 1.29 is 4.79 Å². The smallest absolute Gasteiger partial charge is 0.221 e. The molecular weight excluding hydrogens is 235 g/mol. The molecule has 0 atom stereocenters. The van der Waals surface area contributed by atoms with E-state index in [1.54, 1.807) is 0 Å². The molecule has 1 aliphatic rings. The quantitative estimate of drug-likeness (QED) is 0.813. The second-order valence-electron chi connectivity index (χ2n) is 4.32. The van der Waals surface area contributed by atoms with Crippen molar-refractivity contribution in [3.63, 3.8) is 0 Å². The maximum atomic E-state index is 11.4. The van der Waals surface area contributed by atoms with Crippen LogP contribution in [0.1, 0.15) is 20.3 Å². The van der Waals surface area contributed by atoms with E-state index in [-0.39, 0.29) is 11.4 Å². The van der Waals surface area contributed by atoms with Crippen LogP contribution in [-0.2, 0) is 4.79 Å². The molecule has 1 aliphatic heterocycles. The average molecular weight is 251 g/mol. The van der Waals surface area contributed by atoms with Crippen molar-refractivity contribution in [2.45, 2.75) is 25.8 Å². The lowest BCUT2D eigenvalue weighted by atomic mass is 9.98. The van der Waals surface area contributed by atoms with Crippen LogP contribution < -0.4 is 5.32 Å². The molecule has 1 rings (SSSR count). The number of halogens is 2. The van der Waals surface area contributed by atoms with Gasteiger partial charge in [-0.2, -0.15) is 0 Å². The molecule has 0 radical (unpaired) electrons. The second kappa shape index (κ2) is 5.19. The molecule has 0 saturated carbocycles. The molecule has 1 amide bonds. The fourth-order valence-corrected chi connectivity index (χ4v) is 1.92. The van der Waals surface area contributed by atoms with E-state index in [1.807, 2.05) is 13.8 Å². The Labute approximate surface area is 100 Å². The lowest BCUT2D eigenvalue weighted by molar-refractivity contribution is -0.122. The molecule has 0 aromatic heterocycles. The largest absolute Gasteiger partial charge is 0.355 e. The van der Waals surface area contributed by atoms with E-state index >= 15 is 0 Å². The van der Waals surface area contributed by atoms with Crippen molar-refractivity contribution >= 4 is 29.1 Å². The molecule has 3 nitrogen and oxygen atoms in total. The van der Waals surface area contributed by atoms with E-state index < -0.39 is 0 Å². The molecule has 0 unspecified atom stereocenters. The number of hydrogen-bond donors (Lipinski definition) is 1. The summed E-state index contributed by atoms with van der Waals surface area (Å²) in [5, 5.41) is 3.44. The molecule has 1 fully saturated rings. The Morgan fingerprint density at radius 3 is 2.93 bits per heavy atom. The van der Waals surface area contributed by atoms with Gasteiger partial charge in [-0.05, 0) is 13.8 Å². The third kappa shape index (κ3) is 3.67. The van der Waals surface area contributed by atoms with Gasteiger partial charge in [0.05, 0.1) is 0 Å². The lowest BCUT2D eigenvalue weighted by Crippen LogP contribution is -2.45. The molecule has 0 spiro atoms. The van der Waals surface area contributed by atoms with E-state index in [4.69, 9.17) is 23.2 Å². The third-order valence-corrected chi connectivity index (χ3v) is 3.22. The van der Waals surface area contributed by atoms with Crippen LogP contribution in [0.3, 0.4) is 0 Å². The monoisotopic (exact) mass is 250 g/mol. The van der Waals surface area contributed by atoms with Gasteiger partial charge in [0, 0.05) is 42.2 Å². The summed E-state index contributed by atoms with van der Waals surface area (Å²) in [6.07, 6.45) is 0.486. The number of carbonyl (C=O) groups excluding carboxylic acids is 1. The number of hydrogen-bond acceptors (Lipinski definition) is 2. The summed E-state index contributed by atoms with van der Waals surface area (Å²) in [6, 6.07) is 0. The van der Waals surface area contributed by atoms with Gasteiger partial charge in [-0.3, -0.25) is 9.69 Å². The van der Waals surface area contributed by atoms with Crippen LogP contribution in [0.2, 0.25) is 0 Å². The zero-order valence-electron chi connectivity index (χ0n) is 9.02. The summed E-state index contributed by atoms with van der Waals surface area (Å²) in [7, 11) is 0. The summed E-state index contributed by atoms with van der Waals surface area (Å²) in [4.78, 5) is 13.5. The van der Waals surface area contributed by atoms with Crippen LogP contribution in [0, 0.1) is 0 Å². The number of nitrogens with one attached hydrogen (secondary N) is 1. The lowest BCUT2D eigenvalue weighted by Gasteiger charge is -2.35. The average Bonchev–Trinajstić information content (AvgIpc) is 2.25. The highest BCUT2D eigenvalue weighted by Gasteiger charge is 2.31. The Kier molecular flexibility index (Phi) is 4.44. The van der Waals surface area contributed by atoms with E-state index in [2.05, 4.69) is 10.2 Å². The van der Waals surface area contributed by atoms with Gasteiger partial charge in [0.15, 0.2) is 0 Å². The molecule has 15 heavy (non-hydrogen) atoms. The van der Waals surface area contributed by atoms with Crippen molar-refractivity contribution in [1.82, 2.24) is 10.2 Å². The van der Waals surface area contributed by atoms with Crippen LogP contribution in [0.25, 0.3) is 0 Å². The van der Waals surface area contributed by atoms with Crippen LogP contribution >= 0.6 is 23.2 Å². The Hall–Kier alpha value is -0.250. The van der Waals surface area contributed by atoms with Gasteiger partial charge in [-0.15, -0.1) is 0 Å². The van der Waals surface area contributed by atoms with Crippen molar-refractivity contribution in [2.75, 3.05) is 19.6 Å². The Bertz CT molecular complexity index is 277. The molecule has 5 heteroatoms. The van der Waals surface area contributed by atoms with Gasteiger partial charge in [-0.25, -0.2) is 0 Å². The van der Waals surface area contributed by atoms with Gasteiger partial charge >= 0.3 is 0 Å². The minimum absolute atomic E-state index is 0.0912. The fourth-order valence-electron chi connectivity index (χ4n) is 1.71. The summed E-state index contributed by atoms with van der Waals surface area (Å²) < 4.78 is 0. The first-order chi connectivity index (χ1) is 6.95. The van der Waals surface area contributed by atoms with Gasteiger partial charge in [0.1, 0.15) is 0 Å². The van der Waals surface area contributed by atoms with Crippen LogP contribution in [0.15, 0.2) is 10.6 Å². The number of carbonyl (C=O) groups is 1. The Balaban J connectivity index is 2.73. The minimum Gasteiger partial charge on any atom is -0.355 e. The van der Waals surface area contributed by atoms with Crippen LogP contribution in [0.5, 0.6) is 0 Å². The van der Waals surface area contributed by atoms with Crippen LogP contribution in [-0.4, -0.2) is 36.0 Å². The van der Waals surface area contributed by atoms with Gasteiger partial charge in [0.2, 0.25) is 5.91 Å². The summed E-state index contributed by atoms with van der Waals surface area (Å²) >= 11 is 11.4. The highest BCUT2D eigenvalue weighted by molar-refractivity contribution is 6.36. The first-order valence-electron chi connectivity index (χ1n) is 4.92. The SMILES string of the molecule is CC1(C)CC(=O)NCCN1C/C(Cl)=C/Cl. The topological polar surface area (TPSA) is 32.3 Å². The predicted octanol–water partition coefficient (Wildman–Crippen LogP) is 1.91. The molecule has 0 aromatic carbocycles. The molecule has 1 saturated heterocycles. The van der Waals surface area contributed by atoms with E-state index in [0.717, 1.165) is 6.54 Å². The molecule has 0 aromatic rings. The van der Waals surface area contributed by atoms with Crippen molar-refractivity contribution in [3.8, 4) is 0 Å². The first-order valence-corrected chi connectivity index (χ1v) is 5.73. The molecule has 0 bridgehead atoms. The van der Waals surface area contributed by atoms with Gasteiger partial charge < -0.3 is 5.32 Å². The molecule has 86 valence electrons. The number of nitrogens with zero attached hydrogens (tertiary/aromatic N) is 1. The van der Waals surface area contributed by atoms with Gasteiger partial charge in [-0.1, -0.05) is 23.2 Å². The van der Waals surface area contributed by atoms with Crippen molar-refractivity contribution in [2.24, 2.45) is 0 Å².